The number of carbonyl (C=O) groups is 1. The second kappa shape index (κ2) is 6.30. The van der Waals surface area contributed by atoms with E-state index in [0.717, 1.165) is 17.8 Å². The van der Waals surface area contributed by atoms with Gasteiger partial charge >= 0.3 is 5.97 Å². The summed E-state index contributed by atoms with van der Waals surface area (Å²) in [5.41, 5.74) is 8.32. The van der Waals surface area contributed by atoms with E-state index in [1.165, 1.54) is 7.11 Å². The standard InChI is InChI=1S/C15H19N3O3/c1-4-10-8-11(18(2)17-10)9-21-13-7-5-6-12(16)14(13)15(19)20-3/h5-8H,4,9,16H2,1-3H3. The molecule has 0 saturated carbocycles. The maximum Gasteiger partial charge on any atom is 0.343 e. The van der Waals surface area contributed by atoms with E-state index in [1.807, 2.05) is 20.0 Å². The van der Waals surface area contributed by atoms with Gasteiger partial charge in [-0.25, -0.2) is 4.79 Å². The molecule has 0 aliphatic carbocycles. The average molecular weight is 289 g/mol. The van der Waals surface area contributed by atoms with Gasteiger partial charge in [0.05, 0.1) is 18.5 Å². The van der Waals surface area contributed by atoms with Gasteiger partial charge in [-0.05, 0) is 24.6 Å². The molecule has 112 valence electrons. The Morgan fingerprint density at radius 1 is 1.43 bits per heavy atom. The maximum atomic E-state index is 11.8. The Bertz CT molecular complexity index is 650. The number of rotatable bonds is 5. The minimum absolute atomic E-state index is 0.248. The molecule has 0 amide bonds. The van der Waals surface area contributed by atoms with E-state index in [1.54, 1.807) is 22.9 Å². The second-order valence-corrected chi connectivity index (χ2v) is 4.60. The highest BCUT2D eigenvalue weighted by molar-refractivity contribution is 5.98. The monoisotopic (exact) mass is 289 g/mol. The van der Waals surface area contributed by atoms with Gasteiger partial charge in [-0.1, -0.05) is 13.0 Å². The normalized spacial score (nSPS) is 10.4. The van der Waals surface area contributed by atoms with Crippen LogP contribution >= 0.6 is 0 Å². The van der Waals surface area contributed by atoms with Crippen LogP contribution in [0.25, 0.3) is 0 Å². The number of methoxy groups -OCH3 is 1. The Morgan fingerprint density at radius 3 is 2.81 bits per heavy atom. The first-order valence-electron chi connectivity index (χ1n) is 6.68. The Hall–Kier alpha value is -2.50. The van der Waals surface area contributed by atoms with Crippen LogP contribution in [0.3, 0.4) is 0 Å². The summed E-state index contributed by atoms with van der Waals surface area (Å²) < 4.78 is 12.2. The van der Waals surface area contributed by atoms with Crippen molar-refractivity contribution in [2.45, 2.75) is 20.0 Å². The van der Waals surface area contributed by atoms with Crippen molar-refractivity contribution in [2.24, 2.45) is 7.05 Å². The highest BCUT2D eigenvalue weighted by Gasteiger charge is 2.17. The molecule has 2 rings (SSSR count). The minimum atomic E-state index is -0.512. The van der Waals surface area contributed by atoms with Crippen molar-refractivity contribution in [1.82, 2.24) is 9.78 Å². The number of benzene rings is 1. The summed E-state index contributed by atoms with van der Waals surface area (Å²) >= 11 is 0. The third-order valence-corrected chi connectivity index (χ3v) is 3.21. The largest absolute Gasteiger partial charge is 0.486 e. The van der Waals surface area contributed by atoms with Gasteiger partial charge in [0.2, 0.25) is 0 Å². The Kier molecular flexibility index (Phi) is 4.47. The van der Waals surface area contributed by atoms with Gasteiger partial charge in [-0.3, -0.25) is 4.68 Å². The van der Waals surface area contributed by atoms with Crippen LogP contribution in [-0.4, -0.2) is 22.9 Å². The molecule has 0 spiro atoms. The summed E-state index contributed by atoms with van der Waals surface area (Å²) in [5, 5.41) is 4.35. The van der Waals surface area contributed by atoms with Crippen LogP contribution in [0.1, 0.15) is 28.7 Å². The van der Waals surface area contributed by atoms with Gasteiger partial charge in [0.15, 0.2) is 0 Å². The lowest BCUT2D eigenvalue weighted by atomic mass is 10.1. The van der Waals surface area contributed by atoms with Crippen LogP contribution in [0.4, 0.5) is 5.69 Å². The smallest absolute Gasteiger partial charge is 0.343 e. The summed E-state index contributed by atoms with van der Waals surface area (Å²) in [7, 11) is 3.17. The van der Waals surface area contributed by atoms with Crippen LogP contribution in [0.15, 0.2) is 24.3 Å². The van der Waals surface area contributed by atoms with Crippen LogP contribution in [0, 0.1) is 0 Å². The molecule has 2 N–H and O–H groups in total. The number of carbonyl (C=O) groups excluding carboxylic acids is 1. The fraction of sp³-hybridized carbons (Fsp3) is 0.333. The molecule has 21 heavy (non-hydrogen) atoms. The van der Waals surface area contributed by atoms with E-state index in [2.05, 4.69) is 5.10 Å². The number of nitrogen functional groups attached to an aromatic ring is 1. The number of ether oxygens (including phenoxy) is 2. The van der Waals surface area contributed by atoms with Crippen molar-refractivity contribution in [3.63, 3.8) is 0 Å². The molecule has 1 aromatic carbocycles. The van der Waals surface area contributed by atoms with Gasteiger partial charge in [-0.2, -0.15) is 5.10 Å². The van der Waals surface area contributed by atoms with Crippen molar-refractivity contribution in [3.05, 3.63) is 41.2 Å². The summed E-state index contributed by atoms with van der Waals surface area (Å²) in [6.07, 6.45) is 0.861. The number of hydrogen-bond acceptors (Lipinski definition) is 5. The van der Waals surface area contributed by atoms with Crippen molar-refractivity contribution in [1.29, 1.82) is 0 Å². The van der Waals surface area contributed by atoms with Crippen molar-refractivity contribution in [3.8, 4) is 5.75 Å². The van der Waals surface area contributed by atoms with Crippen LogP contribution in [0.5, 0.6) is 5.75 Å². The van der Waals surface area contributed by atoms with Gasteiger partial charge in [0.25, 0.3) is 0 Å². The van der Waals surface area contributed by atoms with Gasteiger partial charge < -0.3 is 15.2 Å². The van der Waals surface area contributed by atoms with E-state index in [9.17, 15) is 4.79 Å². The average Bonchev–Trinajstić information content (AvgIpc) is 2.84. The number of aromatic nitrogens is 2. The predicted octanol–water partition coefficient (Wildman–Crippen LogP) is 1.93. The fourth-order valence-corrected chi connectivity index (χ4v) is 2.02. The zero-order valence-corrected chi connectivity index (χ0v) is 12.4. The Morgan fingerprint density at radius 2 is 2.19 bits per heavy atom. The first-order valence-corrected chi connectivity index (χ1v) is 6.68. The zero-order chi connectivity index (χ0) is 15.4. The third-order valence-electron chi connectivity index (χ3n) is 3.21. The molecule has 1 aromatic heterocycles. The number of aryl methyl sites for hydroxylation is 2. The molecular weight excluding hydrogens is 270 g/mol. The quantitative estimate of drug-likeness (QED) is 0.672. The van der Waals surface area contributed by atoms with E-state index < -0.39 is 5.97 Å². The summed E-state index contributed by atoms with van der Waals surface area (Å²) in [5.74, 6) is -0.108. The van der Waals surface area contributed by atoms with Crippen LogP contribution < -0.4 is 10.5 Å². The molecule has 0 aliphatic heterocycles. The number of nitrogens with zero attached hydrogens (tertiary/aromatic N) is 2. The molecule has 2 aromatic rings. The predicted molar refractivity (Wildman–Crippen MR) is 79.1 cm³/mol. The molecule has 1 heterocycles. The number of nitrogens with two attached hydrogens (primary N) is 1. The lowest BCUT2D eigenvalue weighted by Gasteiger charge is -2.12. The summed E-state index contributed by atoms with van der Waals surface area (Å²) in [4.78, 5) is 11.8. The summed E-state index contributed by atoms with van der Waals surface area (Å²) in [6, 6.07) is 7.04. The van der Waals surface area contributed by atoms with E-state index in [4.69, 9.17) is 15.2 Å². The van der Waals surface area contributed by atoms with Crippen molar-refractivity contribution in [2.75, 3.05) is 12.8 Å². The molecule has 0 aliphatic rings. The molecule has 0 atom stereocenters. The molecule has 0 fully saturated rings. The van der Waals surface area contributed by atoms with Gasteiger partial charge in [-0.15, -0.1) is 0 Å². The molecular formula is C15H19N3O3. The van der Waals surface area contributed by atoms with Crippen LogP contribution in [0.2, 0.25) is 0 Å². The highest BCUT2D eigenvalue weighted by Crippen LogP contribution is 2.26. The highest BCUT2D eigenvalue weighted by atomic mass is 16.5. The first-order chi connectivity index (χ1) is 10.1. The zero-order valence-electron chi connectivity index (χ0n) is 12.4. The first kappa shape index (κ1) is 14.9. The van der Waals surface area contributed by atoms with Crippen molar-refractivity contribution < 1.29 is 14.3 Å². The Labute approximate surface area is 123 Å². The molecule has 0 bridgehead atoms. The SMILES string of the molecule is CCc1cc(COc2cccc(N)c2C(=O)OC)n(C)n1. The van der Waals surface area contributed by atoms with E-state index in [0.29, 0.717) is 18.0 Å². The lowest BCUT2D eigenvalue weighted by molar-refractivity contribution is 0.0596. The number of hydrogen-bond donors (Lipinski definition) is 1. The van der Waals surface area contributed by atoms with Crippen molar-refractivity contribution >= 4 is 11.7 Å². The fourth-order valence-electron chi connectivity index (χ4n) is 2.02. The maximum absolute atomic E-state index is 11.8. The molecule has 6 nitrogen and oxygen atoms in total. The topological polar surface area (TPSA) is 79.4 Å². The van der Waals surface area contributed by atoms with Crippen LogP contribution in [-0.2, 0) is 24.8 Å². The second-order valence-electron chi connectivity index (χ2n) is 4.60. The number of esters is 1. The minimum Gasteiger partial charge on any atom is -0.486 e. The third kappa shape index (κ3) is 3.16. The van der Waals surface area contributed by atoms with Gasteiger partial charge in [0.1, 0.15) is 17.9 Å². The number of anilines is 1. The molecule has 6 heteroatoms. The Balaban J connectivity index is 2.22. The van der Waals surface area contributed by atoms with Gasteiger partial charge in [0, 0.05) is 12.7 Å². The van der Waals surface area contributed by atoms with E-state index in [-0.39, 0.29) is 5.56 Å². The molecule has 0 unspecified atom stereocenters. The summed E-state index contributed by atoms with van der Waals surface area (Å²) in [6.45, 7) is 2.34. The molecule has 0 radical (unpaired) electrons. The van der Waals surface area contributed by atoms with E-state index >= 15 is 0 Å². The molecule has 0 saturated heterocycles. The lowest BCUT2D eigenvalue weighted by Crippen LogP contribution is -2.10.